The summed E-state index contributed by atoms with van der Waals surface area (Å²) in [7, 11) is 0. The van der Waals surface area contributed by atoms with Crippen molar-refractivity contribution in [3.05, 3.63) is 28.2 Å². The Morgan fingerprint density at radius 2 is 1.85 bits per heavy atom. The van der Waals surface area contributed by atoms with Gasteiger partial charge in [0.1, 0.15) is 5.69 Å². The zero-order chi connectivity index (χ0) is 18.4. The van der Waals surface area contributed by atoms with Gasteiger partial charge in [-0.2, -0.15) is 5.10 Å². The number of piperidine rings is 1. The molecule has 0 unspecified atom stereocenters. The minimum atomic E-state index is -0.332. The first-order valence-corrected chi connectivity index (χ1v) is 9.76. The third-order valence-corrected chi connectivity index (χ3v) is 5.59. The molecule has 26 heavy (non-hydrogen) atoms. The van der Waals surface area contributed by atoms with Gasteiger partial charge in [-0.15, -0.1) is 0 Å². The van der Waals surface area contributed by atoms with Crippen LogP contribution in [0.5, 0.6) is 0 Å². The van der Waals surface area contributed by atoms with E-state index in [2.05, 4.69) is 15.5 Å². The van der Waals surface area contributed by atoms with E-state index in [0.717, 1.165) is 25.2 Å². The van der Waals surface area contributed by atoms with Crippen molar-refractivity contribution >= 4 is 11.8 Å². The van der Waals surface area contributed by atoms with Crippen molar-refractivity contribution in [3.63, 3.8) is 0 Å². The molecular weight excluding hydrogens is 332 g/mol. The van der Waals surface area contributed by atoms with Crippen molar-refractivity contribution in [2.75, 3.05) is 13.1 Å². The lowest BCUT2D eigenvalue weighted by atomic mass is 9.86. The SMILES string of the molecule is O=C(NC1CCN(C(=O)CCC2CCCCC2)CC1)c1ccc(=O)[nH]n1. The number of nitrogens with one attached hydrogen (secondary N) is 2. The van der Waals surface area contributed by atoms with Crippen LogP contribution in [0.1, 0.15) is 68.3 Å². The molecule has 0 atom stereocenters. The second kappa shape index (κ2) is 8.96. The third-order valence-electron chi connectivity index (χ3n) is 5.59. The molecule has 0 bridgehead atoms. The molecule has 2 heterocycles. The lowest BCUT2D eigenvalue weighted by Gasteiger charge is -2.33. The number of hydrogen-bond acceptors (Lipinski definition) is 4. The Balaban J connectivity index is 1.39. The molecular formula is C19H28N4O3. The summed E-state index contributed by atoms with van der Waals surface area (Å²) < 4.78 is 0. The van der Waals surface area contributed by atoms with E-state index in [-0.39, 0.29) is 29.1 Å². The number of amides is 2. The van der Waals surface area contributed by atoms with Crippen LogP contribution in [0.2, 0.25) is 0 Å². The van der Waals surface area contributed by atoms with Crippen molar-refractivity contribution in [1.82, 2.24) is 20.4 Å². The van der Waals surface area contributed by atoms with Crippen LogP contribution in [-0.4, -0.2) is 46.0 Å². The van der Waals surface area contributed by atoms with Gasteiger partial charge in [0.2, 0.25) is 5.91 Å². The van der Waals surface area contributed by atoms with Crippen LogP contribution in [0.25, 0.3) is 0 Å². The Labute approximate surface area is 153 Å². The zero-order valence-electron chi connectivity index (χ0n) is 15.2. The molecule has 1 saturated carbocycles. The normalized spacial score (nSPS) is 19.3. The van der Waals surface area contributed by atoms with Crippen LogP contribution in [0.15, 0.2) is 16.9 Å². The van der Waals surface area contributed by atoms with E-state index in [1.807, 2.05) is 4.90 Å². The second-order valence-electron chi connectivity index (χ2n) is 7.48. The van der Waals surface area contributed by atoms with Crippen molar-refractivity contribution in [2.45, 2.75) is 63.8 Å². The van der Waals surface area contributed by atoms with Crippen LogP contribution in [0.3, 0.4) is 0 Å². The summed E-state index contributed by atoms with van der Waals surface area (Å²) in [6.45, 7) is 1.38. The molecule has 1 saturated heterocycles. The van der Waals surface area contributed by atoms with Gasteiger partial charge >= 0.3 is 0 Å². The number of aromatic nitrogens is 2. The predicted molar refractivity (Wildman–Crippen MR) is 97.7 cm³/mol. The smallest absolute Gasteiger partial charge is 0.271 e. The minimum absolute atomic E-state index is 0.0404. The van der Waals surface area contributed by atoms with Crippen LogP contribution in [-0.2, 0) is 4.79 Å². The van der Waals surface area contributed by atoms with Gasteiger partial charge in [0.05, 0.1) is 0 Å². The monoisotopic (exact) mass is 360 g/mol. The molecule has 142 valence electrons. The number of likely N-dealkylation sites (tertiary alicyclic amines) is 1. The maximum atomic E-state index is 12.4. The molecule has 1 aliphatic heterocycles. The maximum Gasteiger partial charge on any atom is 0.271 e. The fourth-order valence-electron chi connectivity index (χ4n) is 3.97. The highest BCUT2D eigenvalue weighted by atomic mass is 16.2. The average Bonchev–Trinajstić information content (AvgIpc) is 2.68. The topological polar surface area (TPSA) is 95.2 Å². The summed E-state index contributed by atoms with van der Waals surface area (Å²) in [5, 5.41) is 8.94. The number of carbonyl (C=O) groups is 2. The first-order chi connectivity index (χ1) is 12.6. The van der Waals surface area contributed by atoms with Gasteiger partial charge in [0, 0.05) is 31.6 Å². The average molecular weight is 360 g/mol. The first-order valence-electron chi connectivity index (χ1n) is 9.76. The Morgan fingerprint density at radius 3 is 2.50 bits per heavy atom. The molecule has 2 N–H and O–H groups in total. The quantitative estimate of drug-likeness (QED) is 0.838. The Kier molecular flexibility index (Phi) is 6.41. The molecule has 3 rings (SSSR count). The van der Waals surface area contributed by atoms with E-state index >= 15 is 0 Å². The molecule has 2 fully saturated rings. The van der Waals surface area contributed by atoms with Gasteiger partial charge in [-0.25, -0.2) is 5.10 Å². The number of H-pyrrole nitrogens is 1. The van der Waals surface area contributed by atoms with Gasteiger partial charge in [-0.3, -0.25) is 14.4 Å². The fraction of sp³-hybridized carbons (Fsp3) is 0.684. The molecule has 1 aromatic heterocycles. The lowest BCUT2D eigenvalue weighted by molar-refractivity contribution is -0.132. The molecule has 7 heteroatoms. The highest BCUT2D eigenvalue weighted by Gasteiger charge is 2.25. The lowest BCUT2D eigenvalue weighted by Crippen LogP contribution is -2.46. The molecule has 0 spiro atoms. The Morgan fingerprint density at radius 1 is 1.12 bits per heavy atom. The minimum Gasteiger partial charge on any atom is -0.348 e. The zero-order valence-corrected chi connectivity index (χ0v) is 15.2. The van der Waals surface area contributed by atoms with E-state index in [1.165, 1.54) is 44.2 Å². The molecule has 2 aliphatic rings. The number of aromatic amines is 1. The van der Waals surface area contributed by atoms with Crippen LogP contribution in [0.4, 0.5) is 0 Å². The third kappa shape index (κ3) is 5.16. The molecule has 2 amide bonds. The van der Waals surface area contributed by atoms with Crippen LogP contribution >= 0.6 is 0 Å². The van der Waals surface area contributed by atoms with E-state index in [0.29, 0.717) is 19.5 Å². The number of hydrogen-bond donors (Lipinski definition) is 2. The van der Waals surface area contributed by atoms with E-state index in [4.69, 9.17) is 0 Å². The largest absolute Gasteiger partial charge is 0.348 e. The molecule has 1 aromatic rings. The van der Waals surface area contributed by atoms with Crippen molar-refractivity contribution in [3.8, 4) is 0 Å². The van der Waals surface area contributed by atoms with Gasteiger partial charge in [0.15, 0.2) is 0 Å². The standard InChI is InChI=1S/C19H28N4O3/c24-17-8-7-16(21-22-17)19(26)20-15-10-12-23(13-11-15)18(25)9-6-14-4-2-1-3-5-14/h7-8,14-15H,1-6,9-13H2,(H,20,26)(H,22,24). The second-order valence-corrected chi connectivity index (χ2v) is 7.48. The number of carbonyl (C=O) groups excluding carboxylic acids is 2. The Hall–Kier alpha value is -2.18. The highest BCUT2D eigenvalue weighted by molar-refractivity contribution is 5.92. The predicted octanol–water partition coefficient (Wildman–Crippen LogP) is 1.85. The van der Waals surface area contributed by atoms with Gasteiger partial charge in [0.25, 0.3) is 11.5 Å². The summed E-state index contributed by atoms with van der Waals surface area (Å²) in [6, 6.07) is 2.74. The van der Waals surface area contributed by atoms with E-state index in [1.54, 1.807) is 0 Å². The van der Waals surface area contributed by atoms with Crippen LogP contribution in [0, 0.1) is 5.92 Å². The summed E-state index contributed by atoms with van der Waals surface area (Å²) in [4.78, 5) is 37.5. The van der Waals surface area contributed by atoms with Crippen molar-refractivity contribution < 1.29 is 9.59 Å². The van der Waals surface area contributed by atoms with E-state index in [9.17, 15) is 14.4 Å². The molecule has 1 aliphatic carbocycles. The molecule has 7 nitrogen and oxygen atoms in total. The highest BCUT2D eigenvalue weighted by Crippen LogP contribution is 2.27. The molecule has 0 radical (unpaired) electrons. The van der Waals surface area contributed by atoms with Crippen LogP contribution < -0.4 is 10.9 Å². The van der Waals surface area contributed by atoms with Gasteiger partial charge < -0.3 is 10.2 Å². The fourth-order valence-corrected chi connectivity index (χ4v) is 3.97. The van der Waals surface area contributed by atoms with Gasteiger partial charge in [-0.1, -0.05) is 32.1 Å². The first kappa shape index (κ1) is 18.6. The summed E-state index contributed by atoms with van der Waals surface area (Å²) in [6.07, 6.45) is 9.71. The van der Waals surface area contributed by atoms with Gasteiger partial charge in [-0.05, 0) is 31.2 Å². The number of rotatable bonds is 5. The maximum absolute atomic E-state index is 12.4. The van der Waals surface area contributed by atoms with Crippen molar-refractivity contribution in [1.29, 1.82) is 0 Å². The summed E-state index contributed by atoms with van der Waals surface area (Å²) in [5.74, 6) is 0.695. The number of nitrogens with zero attached hydrogens (tertiary/aromatic N) is 2. The summed E-state index contributed by atoms with van der Waals surface area (Å²) >= 11 is 0. The molecule has 0 aromatic carbocycles. The van der Waals surface area contributed by atoms with E-state index < -0.39 is 0 Å². The van der Waals surface area contributed by atoms with Crippen molar-refractivity contribution in [2.24, 2.45) is 5.92 Å². The summed E-state index contributed by atoms with van der Waals surface area (Å²) in [5.41, 5.74) is -0.128. The Bertz CT molecular complexity index is 653.